The Kier molecular flexibility index (Phi) is 4.39. The Balaban J connectivity index is 2.15. The van der Waals surface area contributed by atoms with Gasteiger partial charge in [-0.3, -0.25) is 4.79 Å². The quantitative estimate of drug-likeness (QED) is 0.815. The van der Waals surface area contributed by atoms with Gasteiger partial charge >= 0.3 is 0 Å². The molecule has 2 unspecified atom stereocenters. The van der Waals surface area contributed by atoms with Crippen molar-refractivity contribution >= 4 is 5.78 Å². The fourth-order valence-electron chi connectivity index (χ4n) is 2.25. The predicted molar refractivity (Wildman–Crippen MR) is 70.8 cm³/mol. The fraction of sp³-hybridized carbons (Fsp3) is 0.500. The second kappa shape index (κ2) is 6.04. The SMILES string of the molecule is COc1ccc(C(=O)C2CCC(CN)O2)cc1OC. The molecule has 104 valence electrons. The number of nitrogens with two attached hydrogens (primary N) is 1. The van der Waals surface area contributed by atoms with Gasteiger partial charge < -0.3 is 19.9 Å². The van der Waals surface area contributed by atoms with E-state index in [-0.39, 0.29) is 11.9 Å². The maximum atomic E-state index is 12.3. The molecule has 0 spiro atoms. The zero-order valence-corrected chi connectivity index (χ0v) is 11.2. The lowest BCUT2D eigenvalue weighted by atomic mass is 10.0. The Bertz CT molecular complexity index is 461. The first-order chi connectivity index (χ1) is 9.19. The third-order valence-electron chi connectivity index (χ3n) is 3.33. The summed E-state index contributed by atoms with van der Waals surface area (Å²) in [4.78, 5) is 12.3. The van der Waals surface area contributed by atoms with Gasteiger partial charge in [0.25, 0.3) is 0 Å². The van der Waals surface area contributed by atoms with Crippen molar-refractivity contribution in [2.24, 2.45) is 5.73 Å². The van der Waals surface area contributed by atoms with Gasteiger partial charge in [-0.15, -0.1) is 0 Å². The number of ether oxygens (including phenoxy) is 3. The van der Waals surface area contributed by atoms with E-state index in [1.54, 1.807) is 32.4 Å². The highest BCUT2D eigenvalue weighted by Gasteiger charge is 2.30. The largest absolute Gasteiger partial charge is 0.493 e. The van der Waals surface area contributed by atoms with Crippen LogP contribution in [0.2, 0.25) is 0 Å². The van der Waals surface area contributed by atoms with E-state index in [1.165, 1.54) is 0 Å². The van der Waals surface area contributed by atoms with Crippen LogP contribution in [-0.2, 0) is 4.74 Å². The van der Waals surface area contributed by atoms with Crippen molar-refractivity contribution in [3.8, 4) is 11.5 Å². The summed E-state index contributed by atoms with van der Waals surface area (Å²) in [6, 6.07) is 5.13. The molecule has 1 aromatic carbocycles. The van der Waals surface area contributed by atoms with Crippen molar-refractivity contribution < 1.29 is 19.0 Å². The van der Waals surface area contributed by atoms with E-state index in [1.807, 2.05) is 0 Å². The van der Waals surface area contributed by atoms with Crippen molar-refractivity contribution in [1.82, 2.24) is 0 Å². The highest BCUT2D eigenvalue weighted by Crippen LogP contribution is 2.30. The minimum atomic E-state index is -0.397. The van der Waals surface area contributed by atoms with Crippen molar-refractivity contribution in [3.63, 3.8) is 0 Å². The first-order valence-electron chi connectivity index (χ1n) is 6.31. The van der Waals surface area contributed by atoms with Crippen molar-refractivity contribution in [3.05, 3.63) is 23.8 Å². The second-order valence-electron chi connectivity index (χ2n) is 4.49. The molecular weight excluding hydrogens is 246 g/mol. The topological polar surface area (TPSA) is 70.8 Å². The van der Waals surface area contributed by atoms with E-state index < -0.39 is 6.10 Å². The average Bonchev–Trinajstić information content (AvgIpc) is 2.94. The highest BCUT2D eigenvalue weighted by molar-refractivity contribution is 6.00. The molecule has 1 saturated heterocycles. The van der Waals surface area contributed by atoms with Gasteiger partial charge in [0.15, 0.2) is 17.3 Å². The van der Waals surface area contributed by atoms with Gasteiger partial charge in [0.05, 0.1) is 20.3 Å². The molecule has 1 aliphatic heterocycles. The fourth-order valence-corrected chi connectivity index (χ4v) is 2.25. The Morgan fingerprint density at radius 3 is 2.63 bits per heavy atom. The summed E-state index contributed by atoms with van der Waals surface area (Å²) in [7, 11) is 3.11. The molecule has 0 saturated carbocycles. The van der Waals surface area contributed by atoms with Crippen molar-refractivity contribution in [2.45, 2.75) is 25.0 Å². The number of benzene rings is 1. The zero-order valence-electron chi connectivity index (χ0n) is 11.2. The van der Waals surface area contributed by atoms with E-state index in [9.17, 15) is 4.79 Å². The normalized spacial score (nSPS) is 22.3. The Morgan fingerprint density at radius 1 is 1.32 bits per heavy atom. The predicted octanol–water partition coefficient (Wildman–Crippen LogP) is 1.39. The van der Waals surface area contributed by atoms with Gasteiger partial charge in [0.1, 0.15) is 6.10 Å². The number of hydrogen-bond acceptors (Lipinski definition) is 5. The minimum Gasteiger partial charge on any atom is -0.493 e. The molecule has 2 N–H and O–H groups in total. The van der Waals surface area contributed by atoms with Crippen LogP contribution in [-0.4, -0.2) is 38.8 Å². The molecule has 0 aliphatic carbocycles. The molecule has 1 heterocycles. The lowest BCUT2D eigenvalue weighted by Crippen LogP contribution is -2.25. The van der Waals surface area contributed by atoms with E-state index in [2.05, 4.69) is 0 Å². The first-order valence-corrected chi connectivity index (χ1v) is 6.31. The highest BCUT2D eigenvalue weighted by atomic mass is 16.5. The van der Waals surface area contributed by atoms with E-state index in [0.29, 0.717) is 23.6 Å². The van der Waals surface area contributed by atoms with E-state index >= 15 is 0 Å². The third-order valence-corrected chi connectivity index (χ3v) is 3.33. The van der Waals surface area contributed by atoms with Gasteiger partial charge in [-0.05, 0) is 31.0 Å². The number of ketones is 1. The number of Topliss-reactive ketones (excluding diaryl/α,β-unsaturated/α-hetero) is 1. The number of rotatable bonds is 5. The molecule has 0 aromatic heterocycles. The van der Waals surface area contributed by atoms with Crippen molar-refractivity contribution in [2.75, 3.05) is 20.8 Å². The maximum Gasteiger partial charge on any atom is 0.191 e. The van der Waals surface area contributed by atoms with Gasteiger partial charge in [-0.25, -0.2) is 0 Å². The van der Waals surface area contributed by atoms with E-state index in [0.717, 1.165) is 12.8 Å². The smallest absolute Gasteiger partial charge is 0.191 e. The molecular formula is C14H19NO4. The van der Waals surface area contributed by atoms with Gasteiger partial charge in [-0.1, -0.05) is 0 Å². The van der Waals surface area contributed by atoms with Crippen molar-refractivity contribution in [1.29, 1.82) is 0 Å². The number of carbonyl (C=O) groups excluding carboxylic acids is 1. The number of methoxy groups -OCH3 is 2. The Labute approximate surface area is 112 Å². The lowest BCUT2D eigenvalue weighted by molar-refractivity contribution is 0.0404. The molecule has 2 rings (SSSR count). The Morgan fingerprint density at radius 2 is 2.05 bits per heavy atom. The number of hydrogen-bond donors (Lipinski definition) is 1. The molecule has 1 fully saturated rings. The second-order valence-corrected chi connectivity index (χ2v) is 4.49. The van der Waals surface area contributed by atoms with Crippen LogP contribution in [0.25, 0.3) is 0 Å². The molecule has 5 heteroatoms. The van der Waals surface area contributed by atoms with Crippen LogP contribution in [0.3, 0.4) is 0 Å². The summed E-state index contributed by atoms with van der Waals surface area (Å²) in [5.41, 5.74) is 6.12. The summed E-state index contributed by atoms with van der Waals surface area (Å²) < 4.78 is 16.0. The summed E-state index contributed by atoms with van der Waals surface area (Å²) in [6.45, 7) is 0.454. The maximum absolute atomic E-state index is 12.3. The summed E-state index contributed by atoms with van der Waals surface area (Å²) >= 11 is 0. The molecule has 1 aliphatic rings. The summed E-state index contributed by atoms with van der Waals surface area (Å²) in [5.74, 6) is 1.12. The molecule has 1 aromatic rings. The van der Waals surface area contributed by atoms with Gasteiger partial charge in [0.2, 0.25) is 0 Å². The summed E-state index contributed by atoms with van der Waals surface area (Å²) in [6.07, 6.45) is 1.15. The van der Waals surface area contributed by atoms with Crippen LogP contribution in [0.1, 0.15) is 23.2 Å². The van der Waals surface area contributed by atoms with E-state index in [4.69, 9.17) is 19.9 Å². The summed E-state index contributed by atoms with van der Waals surface area (Å²) in [5, 5.41) is 0. The molecule has 5 nitrogen and oxygen atoms in total. The first kappa shape index (κ1) is 13.8. The number of carbonyl (C=O) groups is 1. The average molecular weight is 265 g/mol. The van der Waals surface area contributed by atoms with Crippen LogP contribution in [0.4, 0.5) is 0 Å². The van der Waals surface area contributed by atoms with Crippen LogP contribution >= 0.6 is 0 Å². The van der Waals surface area contributed by atoms with Gasteiger partial charge in [-0.2, -0.15) is 0 Å². The minimum absolute atomic E-state index is 0.00547. The monoisotopic (exact) mass is 265 g/mol. The van der Waals surface area contributed by atoms with Gasteiger partial charge in [0, 0.05) is 12.1 Å². The molecule has 0 radical (unpaired) electrons. The van der Waals surface area contributed by atoms with Crippen LogP contribution in [0.5, 0.6) is 11.5 Å². The lowest BCUT2D eigenvalue weighted by Gasteiger charge is -2.13. The standard InChI is InChI=1S/C14H19NO4/c1-17-11-5-3-9(7-13(11)18-2)14(16)12-6-4-10(8-15)19-12/h3,5,7,10,12H,4,6,8,15H2,1-2H3. The Hall–Kier alpha value is -1.59. The molecule has 0 bridgehead atoms. The van der Waals surface area contributed by atoms with Crippen LogP contribution in [0, 0.1) is 0 Å². The molecule has 2 atom stereocenters. The van der Waals surface area contributed by atoms with Crippen LogP contribution < -0.4 is 15.2 Å². The van der Waals surface area contributed by atoms with Crippen LogP contribution in [0.15, 0.2) is 18.2 Å². The molecule has 0 amide bonds. The third kappa shape index (κ3) is 2.88. The molecule has 19 heavy (non-hydrogen) atoms. The zero-order chi connectivity index (χ0) is 13.8.